The van der Waals surface area contributed by atoms with Gasteiger partial charge in [-0.1, -0.05) is 20.8 Å². The summed E-state index contributed by atoms with van der Waals surface area (Å²) in [5.74, 6) is 1.23. The topological polar surface area (TPSA) is 69.9 Å². The van der Waals surface area contributed by atoms with E-state index in [9.17, 15) is 9.90 Å². The number of ether oxygens (including phenoxy) is 3. The lowest BCUT2D eigenvalue weighted by molar-refractivity contribution is 0.0528. The van der Waals surface area contributed by atoms with Crippen molar-refractivity contribution in [3.05, 3.63) is 52.2 Å². The van der Waals surface area contributed by atoms with Crippen molar-refractivity contribution in [2.24, 2.45) is 0 Å². The van der Waals surface area contributed by atoms with Gasteiger partial charge >= 0.3 is 5.97 Å². The second-order valence-electron chi connectivity index (χ2n) is 10.1. The summed E-state index contributed by atoms with van der Waals surface area (Å²) >= 11 is 0. The molecule has 0 bridgehead atoms. The summed E-state index contributed by atoms with van der Waals surface area (Å²) in [7, 11) is 3.24. The van der Waals surface area contributed by atoms with Gasteiger partial charge in [0.2, 0.25) is 0 Å². The Hall–Kier alpha value is -3.41. The van der Waals surface area contributed by atoms with Crippen molar-refractivity contribution in [2.75, 3.05) is 20.8 Å². The highest BCUT2D eigenvalue weighted by Gasteiger charge is 2.33. The van der Waals surface area contributed by atoms with Crippen molar-refractivity contribution >= 4 is 5.97 Å². The molecule has 1 aliphatic rings. The van der Waals surface area contributed by atoms with E-state index < -0.39 is 0 Å². The highest BCUT2D eigenvalue weighted by atomic mass is 16.5. The number of aryl methyl sites for hydroxylation is 2. The van der Waals surface area contributed by atoms with Gasteiger partial charge in [0.25, 0.3) is 0 Å². The van der Waals surface area contributed by atoms with Gasteiger partial charge in [-0.2, -0.15) is 0 Å². The van der Waals surface area contributed by atoms with Crippen molar-refractivity contribution in [3.63, 3.8) is 0 Å². The third kappa shape index (κ3) is 4.05. The number of esters is 1. The molecule has 3 aromatic rings. The first-order valence-corrected chi connectivity index (χ1v) is 12.0. The SMILES string of the molecule is CCOC(=O)c1c(-c2cc(C)c(O)c(C(C)(C)C)c2)c(C)n2c1-c1cc(OC)c(OC)cc1CC2. The summed E-state index contributed by atoms with van der Waals surface area (Å²) in [6.45, 7) is 13.0. The summed E-state index contributed by atoms with van der Waals surface area (Å²) in [5.41, 5.74) is 7.51. The first kappa shape index (κ1) is 24.7. The predicted octanol–water partition coefficient (Wildman–Crippen LogP) is 6.19. The molecule has 2 heterocycles. The normalized spacial score (nSPS) is 12.7. The van der Waals surface area contributed by atoms with E-state index in [0.717, 1.165) is 57.7 Å². The molecule has 0 radical (unpaired) electrons. The van der Waals surface area contributed by atoms with E-state index in [2.05, 4.69) is 25.3 Å². The quantitative estimate of drug-likeness (QED) is 0.444. The van der Waals surface area contributed by atoms with Crippen molar-refractivity contribution in [1.29, 1.82) is 0 Å². The highest BCUT2D eigenvalue weighted by molar-refractivity contribution is 6.05. The number of rotatable bonds is 5. The van der Waals surface area contributed by atoms with Crippen LogP contribution in [0.25, 0.3) is 22.4 Å². The number of hydrogen-bond donors (Lipinski definition) is 1. The largest absolute Gasteiger partial charge is 0.507 e. The van der Waals surface area contributed by atoms with Crippen LogP contribution in [0.1, 0.15) is 60.4 Å². The van der Waals surface area contributed by atoms with Crippen LogP contribution in [-0.2, 0) is 23.1 Å². The van der Waals surface area contributed by atoms with Crippen molar-refractivity contribution in [2.45, 2.75) is 59.9 Å². The Balaban J connectivity index is 2.08. The Bertz CT molecular complexity index is 1310. The number of nitrogens with zero attached hydrogens (tertiary/aromatic N) is 1. The van der Waals surface area contributed by atoms with Gasteiger partial charge in [-0.3, -0.25) is 0 Å². The molecule has 0 saturated heterocycles. The first-order chi connectivity index (χ1) is 16.5. The summed E-state index contributed by atoms with van der Waals surface area (Å²) < 4.78 is 18.9. The van der Waals surface area contributed by atoms with Crippen LogP contribution in [0.2, 0.25) is 0 Å². The molecule has 0 spiro atoms. The van der Waals surface area contributed by atoms with Gasteiger partial charge in [0.15, 0.2) is 11.5 Å². The second kappa shape index (κ2) is 8.99. The van der Waals surface area contributed by atoms with Gasteiger partial charge in [0.05, 0.1) is 32.1 Å². The number of hydrogen-bond acceptors (Lipinski definition) is 5. The van der Waals surface area contributed by atoms with Crippen LogP contribution in [0.15, 0.2) is 24.3 Å². The molecule has 6 nitrogen and oxygen atoms in total. The van der Waals surface area contributed by atoms with Gasteiger partial charge in [0, 0.05) is 28.9 Å². The lowest BCUT2D eigenvalue weighted by Crippen LogP contribution is -2.15. The fourth-order valence-corrected chi connectivity index (χ4v) is 5.13. The average molecular weight is 478 g/mol. The third-order valence-electron chi connectivity index (χ3n) is 6.87. The number of aromatic hydroxyl groups is 1. The van der Waals surface area contributed by atoms with Gasteiger partial charge < -0.3 is 23.9 Å². The van der Waals surface area contributed by atoms with Crippen molar-refractivity contribution in [3.8, 4) is 39.6 Å². The molecule has 35 heavy (non-hydrogen) atoms. The number of methoxy groups -OCH3 is 2. The molecule has 0 amide bonds. The average Bonchev–Trinajstić information content (AvgIpc) is 3.11. The Labute approximate surface area is 207 Å². The molecule has 1 aromatic heterocycles. The Morgan fingerprint density at radius 1 is 1.06 bits per heavy atom. The van der Waals surface area contributed by atoms with E-state index in [-0.39, 0.29) is 18.0 Å². The molecule has 0 unspecified atom stereocenters. The third-order valence-corrected chi connectivity index (χ3v) is 6.87. The Kier molecular flexibility index (Phi) is 6.34. The summed E-state index contributed by atoms with van der Waals surface area (Å²) in [5, 5.41) is 10.8. The van der Waals surface area contributed by atoms with Gasteiger partial charge in [-0.15, -0.1) is 0 Å². The summed E-state index contributed by atoms with van der Waals surface area (Å²) in [6, 6.07) is 7.91. The van der Waals surface area contributed by atoms with Gasteiger partial charge in [-0.05, 0) is 73.6 Å². The molecule has 2 aromatic carbocycles. The fourth-order valence-electron chi connectivity index (χ4n) is 5.13. The highest BCUT2D eigenvalue weighted by Crippen LogP contribution is 2.47. The van der Waals surface area contributed by atoms with E-state index in [1.165, 1.54) is 0 Å². The number of phenolic OH excluding ortho intramolecular Hbond substituents is 1. The molecule has 0 aliphatic carbocycles. The second-order valence-corrected chi connectivity index (χ2v) is 10.1. The minimum Gasteiger partial charge on any atom is -0.507 e. The molecule has 0 saturated carbocycles. The van der Waals surface area contributed by atoms with E-state index in [1.54, 1.807) is 14.2 Å². The van der Waals surface area contributed by atoms with Crippen LogP contribution in [0, 0.1) is 13.8 Å². The minimum atomic E-state index is -0.356. The number of benzene rings is 2. The van der Waals surface area contributed by atoms with E-state index in [1.807, 2.05) is 45.0 Å². The van der Waals surface area contributed by atoms with Crippen LogP contribution in [0.4, 0.5) is 0 Å². The zero-order valence-electron chi connectivity index (χ0n) is 22.0. The number of carbonyl (C=O) groups is 1. The zero-order valence-corrected chi connectivity index (χ0v) is 22.0. The fraction of sp³-hybridized carbons (Fsp3) is 0.414. The molecule has 4 rings (SSSR count). The van der Waals surface area contributed by atoms with Crippen LogP contribution >= 0.6 is 0 Å². The molecule has 1 N–H and O–H groups in total. The minimum absolute atomic E-state index is 0.265. The number of carbonyl (C=O) groups excluding carboxylic acids is 1. The maximum Gasteiger partial charge on any atom is 0.340 e. The van der Waals surface area contributed by atoms with Crippen molar-refractivity contribution in [1.82, 2.24) is 4.57 Å². The number of phenols is 1. The number of aromatic nitrogens is 1. The van der Waals surface area contributed by atoms with Crippen molar-refractivity contribution < 1.29 is 24.1 Å². The lowest BCUT2D eigenvalue weighted by Gasteiger charge is -2.23. The maximum absolute atomic E-state index is 13.5. The van der Waals surface area contributed by atoms with E-state index in [4.69, 9.17) is 14.2 Å². The Morgan fingerprint density at radius 3 is 2.31 bits per heavy atom. The number of fused-ring (bicyclic) bond motifs is 3. The maximum atomic E-state index is 13.5. The van der Waals surface area contributed by atoms with Crippen LogP contribution in [0.3, 0.4) is 0 Å². The Morgan fingerprint density at radius 2 is 1.71 bits per heavy atom. The van der Waals surface area contributed by atoms with E-state index in [0.29, 0.717) is 22.8 Å². The molecule has 0 fully saturated rings. The van der Waals surface area contributed by atoms with E-state index >= 15 is 0 Å². The molecule has 1 aliphatic heterocycles. The monoisotopic (exact) mass is 477 g/mol. The van der Waals surface area contributed by atoms with Gasteiger partial charge in [-0.25, -0.2) is 4.79 Å². The van der Waals surface area contributed by atoms with Gasteiger partial charge in [0.1, 0.15) is 5.75 Å². The first-order valence-electron chi connectivity index (χ1n) is 12.0. The summed E-state index contributed by atoms with van der Waals surface area (Å²) in [4.78, 5) is 13.5. The van der Waals surface area contributed by atoms with Crippen LogP contribution in [0.5, 0.6) is 17.2 Å². The van der Waals surface area contributed by atoms with Crippen LogP contribution < -0.4 is 9.47 Å². The molecular formula is C29H35NO5. The molecule has 0 atom stereocenters. The lowest BCUT2D eigenvalue weighted by atomic mass is 9.83. The molecule has 186 valence electrons. The summed E-state index contributed by atoms with van der Waals surface area (Å²) in [6.07, 6.45) is 0.807. The standard InChI is InChI=1S/C29H35NO5/c1-9-35-28(32)25-24(19-12-16(2)27(31)21(13-19)29(4,5)6)17(3)30-11-10-18-14-22(33-7)23(34-8)15-20(18)26(25)30/h12-15,31H,9-11H2,1-8H3. The molecule has 6 heteroatoms. The predicted molar refractivity (Wildman–Crippen MR) is 138 cm³/mol. The van der Waals surface area contributed by atoms with Crippen LogP contribution in [-0.4, -0.2) is 36.5 Å². The zero-order chi connectivity index (χ0) is 25.7. The molecular weight excluding hydrogens is 442 g/mol. The smallest absolute Gasteiger partial charge is 0.340 e.